The second kappa shape index (κ2) is 10.7. The van der Waals surface area contributed by atoms with Crippen molar-refractivity contribution in [3.63, 3.8) is 0 Å². The highest BCUT2D eigenvalue weighted by Crippen LogP contribution is 2.23. The first-order valence-corrected chi connectivity index (χ1v) is 11.7. The predicted molar refractivity (Wildman–Crippen MR) is 123 cm³/mol. The van der Waals surface area contributed by atoms with Crippen LogP contribution in [-0.2, 0) is 11.3 Å². The van der Waals surface area contributed by atoms with E-state index in [4.69, 9.17) is 0 Å². The zero-order valence-corrected chi connectivity index (χ0v) is 18.5. The van der Waals surface area contributed by atoms with Crippen LogP contribution in [-0.4, -0.2) is 53.8 Å². The van der Waals surface area contributed by atoms with E-state index >= 15 is 0 Å². The number of rotatable bonds is 7. The molecule has 0 aromatic heterocycles. The zero-order chi connectivity index (χ0) is 22.3. The molecular formula is C26H32FN3O2. The molecule has 5 nitrogen and oxygen atoms in total. The van der Waals surface area contributed by atoms with Crippen molar-refractivity contribution in [2.24, 2.45) is 5.92 Å². The van der Waals surface area contributed by atoms with Crippen molar-refractivity contribution in [1.29, 1.82) is 0 Å². The van der Waals surface area contributed by atoms with E-state index in [1.165, 1.54) is 17.7 Å². The van der Waals surface area contributed by atoms with E-state index in [1.54, 1.807) is 17.0 Å². The van der Waals surface area contributed by atoms with E-state index in [2.05, 4.69) is 34.5 Å². The Hall–Kier alpha value is -2.73. The molecular weight excluding hydrogens is 405 g/mol. The fraction of sp³-hybridized carbons (Fsp3) is 0.462. The molecule has 1 unspecified atom stereocenters. The molecule has 0 radical (unpaired) electrons. The molecule has 32 heavy (non-hydrogen) atoms. The van der Waals surface area contributed by atoms with Crippen molar-refractivity contribution in [3.8, 4) is 0 Å². The van der Waals surface area contributed by atoms with Gasteiger partial charge in [0.1, 0.15) is 5.82 Å². The number of piperidine rings is 1. The Kier molecular flexibility index (Phi) is 7.53. The Bertz CT molecular complexity index is 912. The maximum Gasteiger partial charge on any atom is 0.253 e. The molecule has 0 spiro atoms. The van der Waals surface area contributed by atoms with Gasteiger partial charge in [0.05, 0.1) is 0 Å². The molecule has 2 heterocycles. The molecule has 1 atom stereocenters. The summed E-state index contributed by atoms with van der Waals surface area (Å²) in [5.74, 6) is 0.0921. The summed E-state index contributed by atoms with van der Waals surface area (Å²) in [7, 11) is 0. The monoisotopic (exact) mass is 437 g/mol. The lowest BCUT2D eigenvalue weighted by atomic mass is 9.91. The lowest BCUT2D eigenvalue weighted by Gasteiger charge is -2.32. The minimum Gasteiger partial charge on any atom is -0.352 e. The van der Waals surface area contributed by atoms with Crippen LogP contribution in [0.3, 0.4) is 0 Å². The van der Waals surface area contributed by atoms with Gasteiger partial charge in [-0.1, -0.05) is 36.4 Å². The summed E-state index contributed by atoms with van der Waals surface area (Å²) in [6, 6.07) is 16.5. The van der Waals surface area contributed by atoms with Crippen LogP contribution in [0.2, 0.25) is 0 Å². The van der Waals surface area contributed by atoms with Crippen molar-refractivity contribution in [3.05, 3.63) is 71.5 Å². The molecule has 2 aromatic rings. The molecule has 2 fully saturated rings. The van der Waals surface area contributed by atoms with E-state index in [9.17, 15) is 14.0 Å². The molecule has 1 N–H and O–H groups in total. The second-order valence-corrected chi connectivity index (χ2v) is 9.06. The fourth-order valence-electron chi connectivity index (χ4n) is 4.80. The largest absolute Gasteiger partial charge is 0.352 e. The Morgan fingerprint density at radius 3 is 2.50 bits per heavy atom. The van der Waals surface area contributed by atoms with E-state index in [1.807, 2.05) is 6.07 Å². The Morgan fingerprint density at radius 1 is 0.969 bits per heavy atom. The molecule has 0 bridgehead atoms. The Morgan fingerprint density at radius 2 is 1.75 bits per heavy atom. The van der Waals surface area contributed by atoms with Gasteiger partial charge in [0.25, 0.3) is 5.91 Å². The summed E-state index contributed by atoms with van der Waals surface area (Å²) in [6.45, 7) is 4.18. The first kappa shape index (κ1) is 22.5. The molecule has 6 heteroatoms. The smallest absolute Gasteiger partial charge is 0.253 e. The van der Waals surface area contributed by atoms with Crippen LogP contribution in [0.5, 0.6) is 0 Å². The van der Waals surface area contributed by atoms with Crippen LogP contribution in [0.15, 0.2) is 54.6 Å². The van der Waals surface area contributed by atoms with E-state index in [0.29, 0.717) is 31.0 Å². The number of nitrogens with one attached hydrogen (secondary N) is 1. The van der Waals surface area contributed by atoms with E-state index in [-0.39, 0.29) is 23.7 Å². The summed E-state index contributed by atoms with van der Waals surface area (Å²) in [6.07, 6.45) is 4.18. The molecule has 0 saturated carbocycles. The number of likely N-dealkylation sites (tertiary alicyclic amines) is 2. The maximum absolute atomic E-state index is 13.4. The minimum absolute atomic E-state index is 0.109. The van der Waals surface area contributed by atoms with Gasteiger partial charge in [-0.2, -0.15) is 0 Å². The summed E-state index contributed by atoms with van der Waals surface area (Å²) in [4.78, 5) is 29.2. The number of hydrogen-bond donors (Lipinski definition) is 1. The van der Waals surface area contributed by atoms with Crippen LogP contribution >= 0.6 is 0 Å². The minimum atomic E-state index is -0.387. The summed E-state index contributed by atoms with van der Waals surface area (Å²) < 4.78 is 13.4. The lowest BCUT2D eigenvalue weighted by molar-refractivity contribution is -0.122. The molecule has 2 aliphatic heterocycles. The highest BCUT2D eigenvalue weighted by Gasteiger charge is 2.26. The van der Waals surface area contributed by atoms with E-state index < -0.39 is 0 Å². The van der Waals surface area contributed by atoms with Crippen LogP contribution in [0.1, 0.15) is 48.0 Å². The van der Waals surface area contributed by atoms with Gasteiger partial charge in [-0.3, -0.25) is 14.5 Å². The van der Waals surface area contributed by atoms with Gasteiger partial charge in [0.2, 0.25) is 5.91 Å². The number of halogens is 1. The van der Waals surface area contributed by atoms with Crippen LogP contribution in [0.25, 0.3) is 0 Å². The third-order valence-electron chi connectivity index (χ3n) is 6.64. The van der Waals surface area contributed by atoms with Gasteiger partial charge >= 0.3 is 0 Å². The predicted octanol–water partition coefficient (Wildman–Crippen LogP) is 3.85. The normalized spacial score (nSPS) is 19.8. The van der Waals surface area contributed by atoms with Crippen molar-refractivity contribution in [1.82, 2.24) is 15.1 Å². The first-order chi connectivity index (χ1) is 15.6. The molecule has 0 aliphatic carbocycles. The molecule has 2 amide bonds. The van der Waals surface area contributed by atoms with Crippen molar-refractivity contribution < 1.29 is 14.0 Å². The highest BCUT2D eigenvalue weighted by molar-refractivity contribution is 5.94. The summed E-state index contributed by atoms with van der Waals surface area (Å²) in [5.41, 5.74) is 1.71. The molecule has 170 valence electrons. The fourth-order valence-corrected chi connectivity index (χ4v) is 4.80. The van der Waals surface area contributed by atoms with Crippen molar-refractivity contribution in [2.45, 2.75) is 44.7 Å². The van der Waals surface area contributed by atoms with Gasteiger partial charge < -0.3 is 10.2 Å². The molecule has 2 saturated heterocycles. The van der Waals surface area contributed by atoms with E-state index in [0.717, 1.165) is 45.3 Å². The zero-order valence-electron chi connectivity index (χ0n) is 18.5. The lowest BCUT2D eigenvalue weighted by Crippen LogP contribution is -2.39. The number of benzene rings is 2. The summed E-state index contributed by atoms with van der Waals surface area (Å²) in [5, 5.41) is 3.21. The quantitative estimate of drug-likeness (QED) is 0.716. The molecule has 4 rings (SSSR count). The number of hydrogen-bond acceptors (Lipinski definition) is 3. The first-order valence-electron chi connectivity index (χ1n) is 11.7. The highest BCUT2D eigenvalue weighted by atomic mass is 19.1. The average molecular weight is 438 g/mol. The Labute approximate surface area is 189 Å². The summed E-state index contributed by atoms with van der Waals surface area (Å²) >= 11 is 0. The third-order valence-corrected chi connectivity index (χ3v) is 6.64. The van der Waals surface area contributed by atoms with Crippen molar-refractivity contribution >= 4 is 11.8 Å². The standard InChI is InChI=1S/C26H32FN3O2/c27-23-8-4-7-22(17-23)26(32)30-15-11-20(12-16-30)9-10-25(31)28-24-13-14-29(19-24)18-21-5-2-1-3-6-21/h1-8,17,20,24H,9-16,18-19H2,(H,28,31). The second-order valence-electron chi connectivity index (χ2n) is 9.06. The third kappa shape index (κ3) is 6.16. The van der Waals surface area contributed by atoms with Crippen LogP contribution < -0.4 is 5.32 Å². The van der Waals surface area contributed by atoms with Crippen molar-refractivity contribution in [2.75, 3.05) is 26.2 Å². The number of carbonyl (C=O) groups is 2. The number of amides is 2. The maximum atomic E-state index is 13.4. The Balaban J connectivity index is 1.14. The van der Waals surface area contributed by atoms with Gasteiger partial charge in [-0.25, -0.2) is 4.39 Å². The van der Waals surface area contributed by atoms with Gasteiger partial charge in [-0.15, -0.1) is 0 Å². The number of carbonyl (C=O) groups excluding carboxylic acids is 2. The number of nitrogens with zero attached hydrogens (tertiary/aromatic N) is 2. The molecule has 2 aromatic carbocycles. The average Bonchev–Trinajstić information content (AvgIpc) is 3.24. The van der Waals surface area contributed by atoms with Gasteiger partial charge in [-0.05, 0) is 55.4 Å². The topological polar surface area (TPSA) is 52.7 Å². The van der Waals surface area contributed by atoms with Gasteiger partial charge in [0, 0.05) is 50.7 Å². The van der Waals surface area contributed by atoms with Gasteiger partial charge in [0.15, 0.2) is 0 Å². The SMILES string of the molecule is O=C(CCC1CCN(C(=O)c2cccc(F)c2)CC1)NC1CCN(Cc2ccccc2)C1. The molecule has 2 aliphatic rings. The van der Waals surface area contributed by atoms with Crippen LogP contribution in [0.4, 0.5) is 4.39 Å². The van der Waals surface area contributed by atoms with Crippen LogP contribution in [0, 0.1) is 11.7 Å².